The molecule has 28 heavy (non-hydrogen) atoms. The van der Waals surface area contributed by atoms with E-state index in [4.69, 9.17) is 4.74 Å². The van der Waals surface area contributed by atoms with Crippen LogP contribution in [0.2, 0.25) is 0 Å². The average molecular weight is 383 g/mol. The second-order valence-corrected chi connectivity index (χ2v) is 6.52. The molecule has 8 nitrogen and oxygen atoms in total. The van der Waals surface area contributed by atoms with E-state index in [0.717, 1.165) is 25.9 Å². The zero-order valence-electron chi connectivity index (χ0n) is 15.5. The van der Waals surface area contributed by atoms with Crippen LogP contribution < -0.4 is 9.80 Å². The molecule has 1 saturated heterocycles. The quantitative estimate of drug-likeness (QED) is 0.432. The Morgan fingerprint density at radius 1 is 1.14 bits per heavy atom. The Bertz CT molecular complexity index is 879. The van der Waals surface area contributed by atoms with Crippen molar-refractivity contribution in [1.29, 1.82) is 0 Å². The first kappa shape index (κ1) is 19.3. The smallest absolute Gasteiger partial charge is 0.338 e. The molecular weight excluding hydrogens is 362 g/mol. The van der Waals surface area contributed by atoms with Crippen molar-refractivity contribution in [3.05, 3.63) is 64.2 Å². The van der Waals surface area contributed by atoms with Crippen LogP contribution in [0.1, 0.15) is 23.2 Å². The molecule has 0 spiro atoms. The first-order valence-electron chi connectivity index (χ1n) is 8.99. The lowest BCUT2D eigenvalue weighted by molar-refractivity contribution is -0.384. The molecular formula is C20H21N3O5. The second-order valence-electron chi connectivity index (χ2n) is 6.52. The van der Waals surface area contributed by atoms with E-state index in [0.29, 0.717) is 11.4 Å². The Kier molecular flexibility index (Phi) is 5.88. The van der Waals surface area contributed by atoms with E-state index in [-0.39, 0.29) is 11.3 Å². The molecule has 0 N–H and O–H groups in total. The monoisotopic (exact) mass is 383 g/mol. The molecule has 0 unspecified atom stereocenters. The topological polar surface area (TPSA) is 93.0 Å². The van der Waals surface area contributed by atoms with Gasteiger partial charge in [0.25, 0.3) is 11.6 Å². The SMILES string of the molecule is CN(C(=O)COC(=O)c1ccc(N2CCCC2)c([N+](=O)[O-])c1)c1ccccc1. The highest BCUT2D eigenvalue weighted by molar-refractivity contribution is 5.97. The van der Waals surface area contributed by atoms with Crippen molar-refractivity contribution >= 4 is 28.9 Å². The second kappa shape index (κ2) is 8.51. The van der Waals surface area contributed by atoms with Gasteiger partial charge in [0.2, 0.25) is 0 Å². The first-order chi connectivity index (χ1) is 13.5. The number of carbonyl (C=O) groups excluding carboxylic acids is 2. The van der Waals surface area contributed by atoms with Crippen molar-refractivity contribution in [3.63, 3.8) is 0 Å². The Hall–Kier alpha value is -3.42. The number of para-hydroxylation sites is 1. The number of nitro benzene ring substituents is 1. The molecule has 0 atom stereocenters. The number of anilines is 2. The standard InChI is InChI=1S/C20H21N3O5/c1-21(16-7-3-2-4-8-16)19(24)14-28-20(25)15-9-10-17(18(13-15)23(26)27)22-11-5-6-12-22/h2-4,7-10,13H,5-6,11-12,14H2,1H3. The van der Waals surface area contributed by atoms with Gasteiger partial charge in [0, 0.05) is 31.9 Å². The van der Waals surface area contributed by atoms with E-state index in [1.165, 1.54) is 17.0 Å². The molecule has 2 aromatic rings. The highest BCUT2D eigenvalue weighted by Gasteiger charge is 2.24. The first-order valence-corrected chi connectivity index (χ1v) is 8.99. The number of rotatable bonds is 6. The zero-order chi connectivity index (χ0) is 20.1. The minimum Gasteiger partial charge on any atom is -0.452 e. The van der Waals surface area contributed by atoms with E-state index >= 15 is 0 Å². The van der Waals surface area contributed by atoms with E-state index in [1.54, 1.807) is 37.4 Å². The minimum atomic E-state index is -0.772. The summed E-state index contributed by atoms with van der Waals surface area (Å²) in [7, 11) is 1.58. The Morgan fingerprint density at radius 2 is 1.82 bits per heavy atom. The largest absolute Gasteiger partial charge is 0.452 e. The maximum absolute atomic E-state index is 12.3. The molecule has 1 fully saturated rings. The van der Waals surface area contributed by atoms with E-state index in [9.17, 15) is 19.7 Å². The predicted octanol–water partition coefficient (Wildman–Crippen LogP) is 3.01. The number of benzene rings is 2. The number of ether oxygens (including phenoxy) is 1. The molecule has 2 aromatic carbocycles. The van der Waals surface area contributed by atoms with Crippen LogP contribution in [0.15, 0.2) is 48.5 Å². The Morgan fingerprint density at radius 3 is 2.46 bits per heavy atom. The van der Waals surface area contributed by atoms with Crippen molar-refractivity contribution in [1.82, 2.24) is 0 Å². The highest BCUT2D eigenvalue weighted by Crippen LogP contribution is 2.31. The van der Waals surface area contributed by atoms with Crippen molar-refractivity contribution < 1.29 is 19.2 Å². The summed E-state index contributed by atoms with van der Waals surface area (Å²) < 4.78 is 5.07. The summed E-state index contributed by atoms with van der Waals surface area (Å²) in [6.07, 6.45) is 1.97. The van der Waals surface area contributed by atoms with Gasteiger partial charge in [0.05, 0.1) is 10.5 Å². The lowest BCUT2D eigenvalue weighted by atomic mass is 10.1. The summed E-state index contributed by atoms with van der Waals surface area (Å²) in [5, 5.41) is 11.4. The normalized spacial score (nSPS) is 13.2. The maximum Gasteiger partial charge on any atom is 0.338 e. The molecule has 0 radical (unpaired) electrons. The molecule has 3 rings (SSSR count). The fourth-order valence-electron chi connectivity index (χ4n) is 3.13. The van der Waals surface area contributed by atoms with Gasteiger partial charge in [-0.25, -0.2) is 4.79 Å². The van der Waals surface area contributed by atoms with Crippen molar-refractivity contribution in [2.45, 2.75) is 12.8 Å². The van der Waals surface area contributed by atoms with Gasteiger partial charge in [-0.1, -0.05) is 18.2 Å². The van der Waals surface area contributed by atoms with Crippen LogP contribution >= 0.6 is 0 Å². The number of nitro groups is 1. The number of hydrogen-bond acceptors (Lipinski definition) is 6. The summed E-state index contributed by atoms with van der Waals surface area (Å²) in [6.45, 7) is 1.06. The van der Waals surface area contributed by atoms with E-state index < -0.39 is 23.4 Å². The summed E-state index contributed by atoms with van der Waals surface area (Å²) >= 11 is 0. The summed E-state index contributed by atoms with van der Waals surface area (Å²) in [6, 6.07) is 13.2. The van der Waals surface area contributed by atoms with Gasteiger partial charge in [0.1, 0.15) is 5.69 Å². The molecule has 1 aliphatic heterocycles. The van der Waals surface area contributed by atoms with Gasteiger partial charge in [-0.2, -0.15) is 0 Å². The lowest BCUT2D eigenvalue weighted by Crippen LogP contribution is -2.31. The maximum atomic E-state index is 12.3. The van der Waals surface area contributed by atoms with Gasteiger partial charge >= 0.3 is 5.97 Å². The van der Waals surface area contributed by atoms with Gasteiger partial charge in [-0.3, -0.25) is 14.9 Å². The third-order valence-electron chi connectivity index (χ3n) is 4.70. The Balaban J connectivity index is 1.68. The number of esters is 1. The van der Waals surface area contributed by atoms with Gasteiger partial charge in [-0.05, 0) is 37.1 Å². The summed E-state index contributed by atoms with van der Waals surface area (Å²) in [5.41, 5.74) is 1.09. The van der Waals surface area contributed by atoms with Crippen molar-refractivity contribution in [2.24, 2.45) is 0 Å². The molecule has 1 heterocycles. The summed E-state index contributed by atoms with van der Waals surface area (Å²) in [5.74, 6) is -1.17. The number of likely N-dealkylation sites (N-methyl/N-ethyl adjacent to an activating group) is 1. The van der Waals surface area contributed by atoms with Crippen molar-refractivity contribution in [3.8, 4) is 0 Å². The van der Waals surface area contributed by atoms with Crippen LogP contribution in [-0.4, -0.2) is 43.5 Å². The fraction of sp³-hybridized carbons (Fsp3) is 0.300. The number of hydrogen-bond donors (Lipinski definition) is 0. The van der Waals surface area contributed by atoms with Gasteiger partial charge < -0.3 is 14.5 Å². The lowest BCUT2D eigenvalue weighted by Gasteiger charge is -2.18. The van der Waals surface area contributed by atoms with E-state index in [1.807, 2.05) is 11.0 Å². The number of nitrogens with zero attached hydrogens (tertiary/aromatic N) is 3. The molecule has 1 aliphatic rings. The predicted molar refractivity (Wildman–Crippen MR) is 105 cm³/mol. The van der Waals surface area contributed by atoms with Crippen LogP contribution in [0.3, 0.4) is 0 Å². The molecule has 0 aliphatic carbocycles. The van der Waals surface area contributed by atoms with Gasteiger partial charge in [-0.15, -0.1) is 0 Å². The molecule has 0 bridgehead atoms. The molecule has 8 heteroatoms. The van der Waals surface area contributed by atoms with Crippen LogP contribution in [0.4, 0.5) is 17.1 Å². The van der Waals surface area contributed by atoms with Crippen molar-refractivity contribution in [2.75, 3.05) is 36.5 Å². The molecule has 146 valence electrons. The average Bonchev–Trinajstić information content (AvgIpc) is 3.26. The van der Waals surface area contributed by atoms with Crippen LogP contribution in [0.25, 0.3) is 0 Å². The van der Waals surface area contributed by atoms with E-state index in [2.05, 4.69) is 0 Å². The molecule has 0 saturated carbocycles. The van der Waals surface area contributed by atoms with Crippen LogP contribution in [0, 0.1) is 10.1 Å². The third kappa shape index (κ3) is 4.28. The van der Waals surface area contributed by atoms with Crippen LogP contribution in [-0.2, 0) is 9.53 Å². The number of carbonyl (C=O) groups is 2. The number of amides is 1. The highest BCUT2D eigenvalue weighted by atomic mass is 16.6. The fourth-order valence-corrected chi connectivity index (χ4v) is 3.13. The van der Waals surface area contributed by atoms with Gasteiger partial charge in [0.15, 0.2) is 6.61 Å². The molecule has 1 amide bonds. The third-order valence-corrected chi connectivity index (χ3v) is 4.70. The summed E-state index contributed by atoms with van der Waals surface area (Å²) in [4.78, 5) is 38.8. The minimum absolute atomic E-state index is 0.0461. The Labute approximate surface area is 162 Å². The zero-order valence-corrected chi connectivity index (χ0v) is 15.5. The van der Waals surface area contributed by atoms with Crippen LogP contribution in [0.5, 0.6) is 0 Å². The molecule has 0 aromatic heterocycles.